The highest BCUT2D eigenvalue weighted by Crippen LogP contribution is 2.23. The first-order valence-corrected chi connectivity index (χ1v) is 11.6. The molecule has 0 saturated carbocycles. The Kier molecular flexibility index (Phi) is 7.07. The van der Waals surface area contributed by atoms with Crippen LogP contribution in [0.15, 0.2) is 109 Å². The minimum Gasteiger partial charge on any atom is -0.423 e. The molecule has 0 fully saturated rings. The zero-order valence-electron chi connectivity index (χ0n) is 20.2. The average molecular weight is 461 g/mol. The van der Waals surface area contributed by atoms with E-state index in [0.29, 0.717) is 16.9 Å². The first kappa shape index (κ1) is 23.9. The minimum atomic E-state index is -0.416. The summed E-state index contributed by atoms with van der Waals surface area (Å²) in [6.45, 7) is 6.39. The highest BCUT2D eigenvalue weighted by molar-refractivity contribution is 6.07. The second-order valence-electron chi connectivity index (χ2n) is 9.43. The van der Waals surface area contributed by atoms with Gasteiger partial charge in [0.2, 0.25) is 0 Å². The van der Waals surface area contributed by atoms with E-state index in [1.807, 2.05) is 72.8 Å². The van der Waals surface area contributed by atoms with Gasteiger partial charge in [-0.05, 0) is 58.0 Å². The lowest BCUT2D eigenvalue weighted by Crippen LogP contribution is -2.12. The van der Waals surface area contributed by atoms with Gasteiger partial charge in [0.1, 0.15) is 5.75 Å². The van der Waals surface area contributed by atoms with Crippen molar-refractivity contribution in [3.63, 3.8) is 0 Å². The van der Waals surface area contributed by atoms with Crippen LogP contribution in [-0.2, 0) is 5.41 Å². The maximum absolute atomic E-state index is 12.6. The Hall–Kier alpha value is -4.24. The number of esters is 1. The van der Waals surface area contributed by atoms with Crippen LogP contribution in [-0.4, -0.2) is 11.8 Å². The van der Waals surface area contributed by atoms with E-state index in [-0.39, 0.29) is 11.2 Å². The molecule has 0 aliphatic heterocycles. The molecule has 0 saturated heterocycles. The van der Waals surface area contributed by atoms with E-state index < -0.39 is 5.97 Å². The van der Waals surface area contributed by atoms with Crippen LogP contribution in [0.2, 0.25) is 0 Å². The molecule has 35 heavy (non-hydrogen) atoms. The van der Waals surface area contributed by atoms with E-state index in [1.165, 1.54) is 6.08 Å². The van der Waals surface area contributed by atoms with Gasteiger partial charge in [0.05, 0.1) is 5.56 Å². The van der Waals surface area contributed by atoms with E-state index in [4.69, 9.17) is 4.74 Å². The zero-order chi connectivity index (χ0) is 24.8. The topological polar surface area (TPSA) is 43.4 Å². The van der Waals surface area contributed by atoms with Crippen LogP contribution < -0.4 is 4.74 Å². The van der Waals surface area contributed by atoms with Gasteiger partial charge in [0.15, 0.2) is 5.78 Å². The summed E-state index contributed by atoms with van der Waals surface area (Å²) in [5, 5.41) is 0. The molecule has 0 radical (unpaired) electrons. The standard InChI is InChI=1S/C32H28O3/c1-32(2,3)28-19-17-27(18-20-28)31(34)35-29-11-7-8-23(22-29)12-21-30(33)26-15-13-25(14-16-26)24-9-5-4-6-10-24/h4-22H,1-3H3/b21-12+. The SMILES string of the molecule is CC(C)(C)c1ccc(C(=O)Oc2cccc(/C=C/C(=O)c3ccc(-c4ccccc4)cc3)c2)cc1. The molecule has 0 amide bonds. The number of ether oxygens (including phenoxy) is 1. The fraction of sp³-hybridized carbons (Fsp3) is 0.125. The molecule has 3 heteroatoms. The van der Waals surface area contributed by atoms with E-state index in [0.717, 1.165) is 22.3 Å². The molecule has 4 aromatic carbocycles. The fourth-order valence-electron chi connectivity index (χ4n) is 3.68. The molecule has 3 nitrogen and oxygen atoms in total. The van der Waals surface area contributed by atoms with Crippen LogP contribution >= 0.6 is 0 Å². The van der Waals surface area contributed by atoms with Gasteiger partial charge >= 0.3 is 5.97 Å². The van der Waals surface area contributed by atoms with Gasteiger partial charge in [-0.1, -0.05) is 106 Å². The summed E-state index contributed by atoms with van der Waals surface area (Å²) in [5.41, 5.74) is 5.22. The van der Waals surface area contributed by atoms with Crippen molar-refractivity contribution in [1.29, 1.82) is 0 Å². The molecule has 4 aromatic rings. The van der Waals surface area contributed by atoms with E-state index in [9.17, 15) is 9.59 Å². The highest BCUT2D eigenvalue weighted by Gasteiger charge is 2.15. The molecule has 0 aliphatic carbocycles. The van der Waals surface area contributed by atoms with Gasteiger partial charge in [0.25, 0.3) is 0 Å². The van der Waals surface area contributed by atoms with Crippen LogP contribution in [0.3, 0.4) is 0 Å². The lowest BCUT2D eigenvalue weighted by molar-refractivity contribution is 0.0734. The predicted molar refractivity (Wildman–Crippen MR) is 142 cm³/mol. The Bertz CT molecular complexity index is 1340. The summed E-state index contributed by atoms with van der Waals surface area (Å²) >= 11 is 0. The molecule has 0 spiro atoms. The molecule has 0 aliphatic rings. The molecule has 0 bridgehead atoms. The van der Waals surface area contributed by atoms with Crippen molar-refractivity contribution in [1.82, 2.24) is 0 Å². The van der Waals surface area contributed by atoms with Crippen molar-refractivity contribution < 1.29 is 14.3 Å². The molecule has 0 unspecified atom stereocenters. The Balaban J connectivity index is 1.41. The Labute approximate surface area is 206 Å². The molecular formula is C32H28O3. The van der Waals surface area contributed by atoms with Crippen LogP contribution in [0.1, 0.15) is 52.6 Å². The molecule has 0 atom stereocenters. The summed E-state index contributed by atoms with van der Waals surface area (Å²) in [6.07, 6.45) is 3.26. The predicted octanol–water partition coefficient (Wildman–Crippen LogP) is 7.77. The lowest BCUT2D eigenvalue weighted by Gasteiger charge is -2.18. The zero-order valence-corrected chi connectivity index (χ0v) is 20.2. The highest BCUT2D eigenvalue weighted by atomic mass is 16.5. The van der Waals surface area contributed by atoms with Crippen LogP contribution in [0.25, 0.3) is 17.2 Å². The summed E-state index contributed by atoms with van der Waals surface area (Å²) in [4.78, 5) is 25.2. The summed E-state index contributed by atoms with van der Waals surface area (Å²) in [7, 11) is 0. The van der Waals surface area contributed by atoms with Crippen LogP contribution in [0, 0.1) is 0 Å². The molecular weight excluding hydrogens is 432 g/mol. The normalized spacial score (nSPS) is 11.4. The van der Waals surface area contributed by atoms with Gasteiger partial charge in [-0.15, -0.1) is 0 Å². The largest absolute Gasteiger partial charge is 0.423 e. The Morgan fingerprint density at radius 1 is 0.686 bits per heavy atom. The number of allylic oxidation sites excluding steroid dienone is 1. The summed E-state index contributed by atoms with van der Waals surface area (Å²) < 4.78 is 5.56. The fourth-order valence-corrected chi connectivity index (χ4v) is 3.68. The number of carbonyl (C=O) groups is 2. The third-order valence-electron chi connectivity index (χ3n) is 5.76. The van der Waals surface area contributed by atoms with Crippen molar-refractivity contribution in [2.45, 2.75) is 26.2 Å². The quantitative estimate of drug-likeness (QED) is 0.128. The number of benzene rings is 4. The maximum Gasteiger partial charge on any atom is 0.343 e. The van der Waals surface area contributed by atoms with Gasteiger partial charge in [-0.2, -0.15) is 0 Å². The number of hydrogen-bond donors (Lipinski definition) is 0. The molecule has 4 rings (SSSR count). The molecule has 0 N–H and O–H groups in total. The summed E-state index contributed by atoms with van der Waals surface area (Å²) in [6, 6.07) is 32.2. The maximum atomic E-state index is 12.6. The van der Waals surface area contributed by atoms with Crippen molar-refractivity contribution in [3.8, 4) is 16.9 Å². The number of ketones is 1. The van der Waals surface area contributed by atoms with Crippen molar-refractivity contribution >= 4 is 17.8 Å². The third kappa shape index (κ3) is 6.21. The van der Waals surface area contributed by atoms with Crippen LogP contribution in [0.4, 0.5) is 0 Å². The van der Waals surface area contributed by atoms with E-state index >= 15 is 0 Å². The average Bonchev–Trinajstić information content (AvgIpc) is 2.88. The lowest BCUT2D eigenvalue weighted by atomic mass is 9.87. The smallest absolute Gasteiger partial charge is 0.343 e. The van der Waals surface area contributed by atoms with E-state index in [1.54, 1.807) is 36.4 Å². The van der Waals surface area contributed by atoms with Crippen LogP contribution in [0.5, 0.6) is 5.75 Å². The van der Waals surface area contributed by atoms with E-state index in [2.05, 4.69) is 20.8 Å². The third-order valence-corrected chi connectivity index (χ3v) is 5.76. The Morgan fingerprint density at radius 2 is 1.31 bits per heavy atom. The first-order valence-electron chi connectivity index (χ1n) is 11.6. The first-order chi connectivity index (χ1) is 16.8. The van der Waals surface area contributed by atoms with Crippen molar-refractivity contribution in [3.05, 3.63) is 131 Å². The molecule has 0 heterocycles. The number of carbonyl (C=O) groups excluding carboxylic acids is 2. The monoisotopic (exact) mass is 460 g/mol. The second kappa shape index (κ2) is 10.4. The molecule has 174 valence electrons. The second-order valence-corrected chi connectivity index (χ2v) is 9.43. The van der Waals surface area contributed by atoms with Gasteiger partial charge < -0.3 is 4.74 Å². The van der Waals surface area contributed by atoms with Gasteiger partial charge in [-0.25, -0.2) is 4.79 Å². The van der Waals surface area contributed by atoms with Crippen molar-refractivity contribution in [2.24, 2.45) is 0 Å². The minimum absolute atomic E-state index is 0.0183. The molecule has 0 aromatic heterocycles. The number of hydrogen-bond acceptors (Lipinski definition) is 3. The van der Waals surface area contributed by atoms with Gasteiger partial charge in [-0.3, -0.25) is 4.79 Å². The number of rotatable bonds is 6. The summed E-state index contributed by atoms with van der Waals surface area (Å²) in [5.74, 6) is -0.0798. The van der Waals surface area contributed by atoms with Gasteiger partial charge in [0, 0.05) is 5.56 Å². The van der Waals surface area contributed by atoms with Crippen molar-refractivity contribution in [2.75, 3.05) is 0 Å². The Morgan fingerprint density at radius 3 is 1.97 bits per heavy atom.